The van der Waals surface area contributed by atoms with Gasteiger partial charge in [0.05, 0.1) is 11.3 Å². The summed E-state index contributed by atoms with van der Waals surface area (Å²) in [7, 11) is 0. The highest BCUT2D eigenvalue weighted by Crippen LogP contribution is 2.21. The Morgan fingerprint density at radius 2 is 1.61 bits per heavy atom. The van der Waals surface area contributed by atoms with Gasteiger partial charge in [0.1, 0.15) is 0 Å². The number of amides is 1. The molecule has 1 aromatic carbocycles. The first-order valence-electron chi connectivity index (χ1n) is 5.64. The fourth-order valence-corrected chi connectivity index (χ4v) is 2.07. The molecule has 0 atom stereocenters. The number of anilines is 1. The molecule has 2 rings (SSSR count). The van der Waals surface area contributed by atoms with Crippen molar-refractivity contribution in [2.24, 2.45) is 0 Å². The zero-order chi connectivity index (χ0) is 13.1. The molecule has 0 bridgehead atoms. The van der Waals surface area contributed by atoms with E-state index in [0.717, 1.165) is 0 Å². The Hall–Kier alpha value is -2.24. The average Bonchev–Trinajstić information content (AvgIpc) is 2.39. The number of piperazine rings is 1. The quantitative estimate of drug-likeness (QED) is 0.823. The minimum Gasteiger partial charge on any atom is -0.478 e. The SMILES string of the molecule is O=C(O)c1ccccc1N1CCN(C(=O)O)CC1. The largest absolute Gasteiger partial charge is 0.478 e. The number of carbonyl (C=O) groups is 2. The molecular formula is C12H14N2O4. The average molecular weight is 250 g/mol. The van der Waals surface area contributed by atoms with Gasteiger partial charge in [0.15, 0.2) is 0 Å². The van der Waals surface area contributed by atoms with Gasteiger partial charge in [-0.3, -0.25) is 0 Å². The van der Waals surface area contributed by atoms with Gasteiger partial charge >= 0.3 is 12.1 Å². The first-order chi connectivity index (χ1) is 8.59. The van der Waals surface area contributed by atoms with Gasteiger partial charge in [-0.2, -0.15) is 0 Å². The zero-order valence-electron chi connectivity index (χ0n) is 9.74. The van der Waals surface area contributed by atoms with Crippen LogP contribution in [0, 0.1) is 0 Å². The number of hydrogen-bond acceptors (Lipinski definition) is 3. The Kier molecular flexibility index (Phi) is 3.36. The van der Waals surface area contributed by atoms with E-state index >= 15 is 0 Å². The fourth-order valence-electron chi connectivity index (χ4n) is 2.07. The van der Waals surface area contributed by atoms with Crippen molar-refractivity contribution in [3.8, 4) is 0 Å². The summed E-state index contributed by atoms with van der Waals surface area (Å²) in [5.74, 6) is -0.966. The maximum atomic E-state index is 11.1. The van der Waals surface area contributed by atoms with Crippen molar-refractivity contribution in [1.29, 1.82) is 0 Å². The predicted octanol–water partition coefficient (Wildman–Crippen LogP) is 1.18. The number of aromatic carboxylic acids is 1. The lowest BCUT2D eigenvalue weighted by molar-refractivity contribution is 0.0697. The van der Waals surface area contributed by atoms with E-state index in [1.165, 1.54) is 4.90 Å². The number of para-hydroxylation sites is 1. The molecule has 6 heteroatoms. The van der Waals surface area contributed by atoms with Gasteiger partial charge in [-0.05, 0) is 12.1 Å². The van der Waals surface area contributed by atoms with Crippen LogP contribution in [0.4, 0.5) is 10.5 Å². The first kappa shape index (κ1) is 12.2. The van der Waals surface area contributed by atoms with Crippen LogP contribution in [-0.2, 0) is 0 Å². The molecule has 1 fully saturated rings. The minimum atomic E-state index is -0.966. The second-order valence-electron chi connectivity index (χ2n) is 4.08. The van der Waals surface area contributed by atoms with E-state index in [1.54, 1.807) is 24.3 Å². The molecule has 2 N–H and O–H groups in total. The molecule has 1 amide bonds. The molecule has 1 saturated heterocycles. The highest BCUT2D eigenvalue weighted by Gasteiger charge is 2.23. The van der Waals surface area contributed by atoms with Crippen LogP contribution in [0.2, 0.25) is 0 Å². The maximum absolute atomic E-state index is 11.1. The molecular weight excluding hydrogens is 236 g/mol. The third-order valence-corrected chi connectivity index (χ3v) is 3.03. The molecule has 1 aliphatic rings. The summed E-state index contributed by atoms with van der Waals surface area (Å²) in [5.41, 5.74) is 0.899. The van der Waals surface area contributed by atoms with Crippen LogP contribution in [-0.4, -0.2) is 53.4 Å². The Balaban J connectivity index is 2.15. The molecule has 0 unspecified atom stereocenters. The van der Waals surface area contributed by atoms with Crippen molar-refractivity contribution in [1.82, 2.24) is 4.90 Å². The second kappa shape index (κ2) is 4.95. The van der Waals surface area contributed by atoms with Gasteiger partial charge in [-0.15, -0.1) is 0 Å². The van der Waals surface area contributed by atoms with Gasteiger partial charge in [0.2, 0.25) is 0 Å². The number of nitrogens with zero attached hydrogens (tertiary/aromatic N) is 2. The number of carboxylic acids is 1. The first-order valence-corrected chi connectivity index (χ1v) is 5.64. The van der Waals surface area contributed by atoms with Crippen LogP contribution in [0.25, 0.3) is 0 Å². The number of carboxylic acid groups (broad SMARTS) is 2. The van der Waals surface area contributed by atoms with Crippen molar-refractivity contribution in [3.05, 3.63) is 29.8 Å². The van der Waals surface area contributed by atoms with E-state index in [0.29, 0.717) is 31.9 Å². The second-order valence-corrected chi connectivity index (χ2v) is 4.08. The van der Waals surface area contributed by atoms with Gasteiger partial charge in [0.25, 0.3) is 0 Å². The monoisotopic (exact) mass is 250 g/mol. The molecule has 0 radical (unpaired) electrons. The Labute approximate surface area is 104 Å². The van der Waals surface area contributed by atoms with Crippen molar-refractivity contribution >= 4 is 17.7 Å². The van der Waals surface area contributed by atoms with Gasteiger partial charge in [-0.25, -0.2) is 9.59 Å². The zero-order valence-corrected chi connectivity index (χ0v) is 9.74. The van der Waals surface area contributed by atoms with Gasteiger partial charge in [0, 0.05) is 26.2 Å². The van der Waals surface area contributed by atoms with E-state index in [1.807, 2.05) is 4.90 Å². The van der Waals surface area contributed by atoms with Crippen LogP contribution < -0.4 is 4.90 Å². The summed E-state index contributed by atoms with van der Waals surface area (Å²) in [5, 5.41) is 18.0. The Morgan fingerprint density at radius 1 is 1.00 bits per heavy atom. The van der Waals surface area contributed by atoms with Crippen LogP contribution >= 0.6 is 0 Å². The summed E-state index contributed by atoms with van der Waals surface area (Å²) in [4.78, 5) is 25.1. The van der Waals surface area contributed by atoms with Crippen LogP contribution in [0.15, 0.2) is 24.3 Å². The summed E-state index contributed by atoms with van der Waals surface area (Å²) in [6.45, 7) is 1.81. The maximum Gasteiger partial charge on any atom is 0.407 e. The Bertz CT molecular complexity index is 467. The van der Waals surface area contributed by atoms with Crippen molar-refractivity contribution in [3.63, 3.8) is 0 Å². The molecule has 6 nitrogen and oxygen atoms in total. The van der Waals surface area contributed by atoms with Crippen LogP contribution in [0.5, 0.6) is 0 Å². The highest BCUT2D eigenvalue weighted by molar-refractivity contribution is 5.94. The number of benzene rings is 1. The minimum absolute atomic E-state index is 0.251. The third-order valence-electron chi connectivity index (χ3n) is 3.03. The smallest absolute Gasteiger partial charge is 0.407 e. The molecule has 18 heavy (non-hydrogen) atoms. The predicted molar refractivity (Wildman–Crippen MR) is 65.2 cm³/mol. The van der Waals surface area contributed by atoms with Crippen LogP contribution in [0.1, 0.15) is 10.4 Å². The van der Waals surface area contributed by atoms with Crippen molar-refractivity contribution < 1.29 is 19.8 Å². The van der Waals surface area contributed by atoms with E-state index in [-0.39, 0.29) is 5.56 Å². The standard InChI is InChI=1S/C12H14N2O4/c15-11(16)9-3-1-2-4-10(9)13-5-7-14(8-6-13)12(17)18/h1-4H,5-8H2,(H,15,16)(H,17,18). The fraction of sp³-hybridized carbons (Fsp3) is 0.333. The molecule has 1 aliphatic heterocycles. The third kappa shape index (κ3) is 2.37. The molecule has 0 saturated carbocycles. The summed E-state index contributed by atoms with van der Waals surface area (Å²) >= 11 is 0. The molecule has 0 spiro atoms. The molecule has 1 heterocycles. The van der Waals surface area contributed by atoms with E-state index in [9.17, 15) is 9.59 Å². The topological polar surface area (TPSA) is 81.1 Å². The lowest BCUT2D eigenvalue weighted by Gasteiger charge is -2.35. The van der Waals surface area contributed by atoms with E-state index in [4.69, 9.17) is 10.2 Å². The molecule has 96 valence electrons. The van der Waals surface area contributed by atoms with E-state index in [2.05, 4.69) is 0 Å². The Morgan fingerprint density at radius 3 is 2.17 bits per heavy atom. The molecule has 0 aliphatic carbocycles. The summed E-state index contributed by atoms with van der Waals surface area (Å²) in [6.07, 6.45) is -0.929. The lowest BCUT2D eigenvalue weighted by atomic mass is 10.1. The molecule has 0 aromatic heterocycles. The lowest BCUT2D eigenvalue weighted by Crippen LogP contribution is -2.48. The highest BCUT2D eigenvalue weighted by atomic mass is 16.4. The molecule has 1 aromatic rings. The van der Waals surface area contributed by atoms with Gasteiger partial charge in [-0.1, -0.05) is 12.1 Å². The normalized spacial score (nSPS) is 15.6. The summed E-state index contributed by atoms with van der Waals surface area (Å²) in [6, 6.07) is 6.77. The number of rotatable bonds is 2. The van der Waals surface area contributed by atoms with Crippen molar-refractivity contribution in [2.75, 3.05) is 31.1 Å². The summed E-state index contributed by atoms with van der Waals surface area (Å²) < 4.78 is 0. The van der Waals surface area contributed by atoms with Crippen LogP contribution in [0.3, 0.4) is 0 Å². The van der Waals surface area contributed by atoms with Crippen molar-refractivity contribution in [2.45, 2.75) is 0 Å². The number of hydrogen-bond donors (Lipinski definition) is 2. The van der Waals surface area contributed by atoms with E-state index < -0.39 is 12.1 Å². The van der Waals surface area contributed by atoms with Gasteiger partial charge < -0.3 is 20.0 Å².